The SMILES string of the molecule is Cc1c(Cl)ccc2ccc(N3CCN(CCN)CC3)nc12. The monoisotopic (exact) mass is 304 g/mol. The first-order valence-corrected chi connectivity index (χ1v) is 7.80. The summed E-state index contributed by atoms with van der Waals surface area (Å²) in [5.41, 5.74) is 7.68. The zero-order chi connectivity index (χ0) is 14.8. The molecule has 0 amide bonds. The fraction of sp³-hybridized carbons (Fsp3) is 0.438. The van der Waals surface area contributed by atoms with Gasteiger partial charge in [-0.15, -0.1) is 0 Å². The second kappa shape index (κ2) is 6.18. The Morgan fingerprint density at radius 3 is 2.57 bits per heavy atom. The molecule has 1 aliphatic rings. The Labute approximate surface area is 130 Å². The Morgan fingerprint density at radius 1 is 1.14 bits per heavy atom. The number of aryl methyl sites for hydroxylation is 1. The number of hydrogen-bond acceptors (Lipinski definition) is 4. The smallest absolute Gasteiger partial charge is 0.129 e. The molecule has 1 aromatic heterocycles. The molecule has 0 saturated carbocycles. The van der Waals surface area contributed by atoms with Gasteiger partial charge in [-0.05, 0) is 30.7 Å². The molecule has 1 aromatic carbocycles. The minimum atomic E-state index is 0.728. The third-order valence-electron chi connectivity index (χ3n) is 4.18. The van der Waals surface area contributed by atoms with E-state index in [4.69, 9.17) is 22.3 Å². The fourth-order valence-electron chi connectivity index (χ4n) is 2.85. The molecule has 2 N–H and O–H groups in total. The highest BCUT2D eigenvalue weighted by atomic mass is 35.5. The van der Waals surface area contributed by atoms with Crippen LogP contribution in [0.2, 0.25) is 5.02 Å². The van der Waals surface area contributed by atoms with Crippen molar-refractivity contribution >= 4 is 28.3 Å². The van der Waals surface area contributed by atoms with Crippen molar-refractivity contribution in [1.29, 1.82) is 0 Å². The first-order valence-electron chi connectivity index (χ1n) is 7.42. The van der Waals surface area contributed by atoms with Gasteiger partial charge in [-0.25, -0.2) is 4.98 Å². The number of halogens is 1. The lowest BCUT2D eigenvalue weighted by Crippen LogP contribution is -2.48. The van der Waals surface area contributed by atoms with Gasteiger partial charge in [0.15, 0.2) is 0 Å². The maximum atomic E-state index is 6.21. The molecule has 5 heteroatoms. The first-order chi connectivity index (χ1) is 10.2. The van der Waals surface area contributed by atoms with Crippen LogP contribution in [0.15, 0.2) is 24.3 Å². The van der Waals surface area contributed by atoms with E-state index in [-0.39, 0.29) is 0 Å². The zero-order valence-electron chi connectivity index (χ0n) is 12.3. The number of rotatable bonds is 3. The lowest BCUT2D eigenvalue weighted by Gasteiger charge is -2.35. The molecule has 0 bridgehead atoms. The van der Waals surface area contributed by atoms with Crippen LogP contribution in [0.5, 0.6) is 0 Å². The van der Waals surface area contributed by atoms with Crippen LogP contribution in [-0.2, 0) is 0 Å². The van der Waals surface area contributed by atoms with Gasteiger partial charge in [-0.2, -0.15) is 0 Å². The topological polar surface area (TPSA) is 45.4 Å². The second-order valence-electron chi connectivity index (χ2n) is 5.53. The van der Waals surface area contributed by atoms with Crippen LogP contribution >= 0.6 is 11.6 Å². The van der Waals surface area contributed by atoms with E-state index >= 15 is 0 Å². The number of hydrogen-bond donors (Lipinski definition) is 1. The van der Waals surface area contributed by atoms with E-state index in [0.29, 0.717) is 0 Å². The van der Waals surface area contributed by atoms with Crippen LogP contribution in [0.3, 0.4) is 0 Å². The number of piperazine rings is 1. The molecule has 4 nitrogen and oxygen atoms in total. The van der Waals surface area contributed by atoms with E-state index in [1.165, 1.54) is 0 Å². The van der Waals surface area contributed by atoms with Gasteiger partial charge in [0.05, 0.1) is 5.52 Å². The van der Waals surface area contributed by atoms with Crippen molar-refractivity contribution in [3.05, 3.63) is 34.9 Å². The molecule has 0 atom stereocenters. The molecule has 21 heavy (non-hydrogen) atoms. The Bertz CT molecular complexity index is 635. The van der Waals surface area contributed by atoms with E-state index in [1.807, 2.05) is 19.1 Å². The number of fused-ring (bicyclic) bond motifs is 1. The van der Waals surface area contributed by atoms with Crippen LogP contribution in [0.1, 0.15) is 5.56 Å². The summed E-state index contributed by atoms with van der Waals surface area (Å²) in [6, 6.07) is 8.20. The van der Waals surface area contributed by atoms with Gasteiger partial charge in [-0.3, -0.25) is 4.90 Å². The van der Waals surface area contributed by atoms with Crippen molar-refractivity contribution in [2.45, 2.75) is 6.92 Å². The van der Waals surface area contributed by atoms with E-state index in [2.05, 4.69) is 21.9 Å². The van der Waals surface area contributed by atoms with Gasteiger partial charge in [0.1, 0.15) is 5.82 Å². The minimum absolute atomic E-state index is 0.728. The van der Waals surface area contributed by atoms with Crippen molar-refractivity contribution in [3.63, 3.8) is 0 Å². The van der Waals surface area contributed by atoms with Crippen LogP contribution < -0.4 is 10.6 Å². The van der Waals surface area contributed by atoms with Crippen LogP contribution in [0, 0.1) is 6.92 Å². The Morgan fingerprint density at radius 2 is 1.86 bits per heavy atom. The molecule has 112 valence electrons. The summed E-state index contributed by atoms with van der Waals surface area (Å²) >= 11 is 6.21. The van der Waals surface area contributed by atoms with E-state index in [1.54, 1.807) is 0 Å². The average Bonchev–Trinajstić information content (AvgIpc) is 2.52. The van der Waals surface area contributed by atoms with Crippen molar-refractivity contribution in [1.82, 2.24) is 9.88 Å². The van der Waals surface area contributed by atoms with Gasteiger partial charge >= 0.3 is 0 Å². The van der Waals surface area contributed by atoms with E-state index in [0.717, 1.165) is 66.6 Å². The molecule has 3 rings (SSSR count). The summed E-state index contributed by atoms with van der Waals surface area (Å²) in [6.07, 6.45) is 0. The minimum Gasteiger partial charge on any atom is -0.354 e. The van der Waals surface area contributed by atoms with Gasteiger partial charge < -0.3 is 10.6 Å². The number of pyridine rings is 1. The molecule has 0 aliphatic carbocycles. The molecule has 0 radical (unpaired) electrons. The molecular weight excluding hydrogens is 284 g/mol. The summed E-state index contributed by atoms with van der Waals surface area (Å²) < 4.78 is 0. The zero-order valence-corrected chi connectivity index (χ0v) is 13.1. The summed E-state index contributed by atoms with van der Waals surface area (Å²) in [7, 11) is 0. The normalized spacial score (nSPS) is 16.6. The van der Waals surface area contributed by atoms with Gasteiger partial charge in [0, 0.05) is 49.7 Å². The third kappa shape index (κ3) is 2.98. The standard InChI is InChI=1S/C16H21ClN4/c1-12-14(17)4-2-13-3-5-15(19-16(12)13)21-10-8-20(7-6-18)9-11-21/h2-5H,6-11,18H2,1H3. The van der Waals surface area contributed by atoms with Crippen LogP contribution in [0.25, 0.3) is 10.9 Å². The number of anilines is 1. The van der Waals surface area contributed by atoms with E-state index < -0.39 is 0 Å². The highest BCUT2D eigenvalue weighted by Crippen LogP contribution is 2.26. The Balaban J connectivity index is 1.83. The van der Waals surface area contributed by atoms with Crippen molar-refractivity contribution in [2.75, 3.05) is 44.2 Å². The predicted molar refractivity (Wildman–Crippen MR) is 89.2 cm³/mol. The molecule has 1 aliphatic heterocycles. The maximum Gasteiger partial charge on any atom is 0.129 e. The molecule has 0 unspecified atom stereocenters. The summed E-state index contributed by atoms with van der Waals surface area (Å²) in [5, 5.41) is 1.92. The third-order valence-corrected chi connectivity index (χ3v) is 4.59. The van der Waals surface area contributed by atoms with Crippen LogP contribution in [0.4, 0.5) is 5.82 Å². The van der Waals surface area contributed by atoms with E-state index in [9.17, 15) is 0 Å². The van der Waals surface area contributed by atoms with Gasteiger partial charge in [0.2, 0.25) is 0 Å². The Hall–Kier alpha value is -1.36. The summed E-state index contributed by atoms with van der Waals surface area (Å²) in [5.74, 6) is 1.04. The van der Waals surface area contributed by atoms with Crippen molar-refractivity contribution in [2.24, 2.45) is 5.73 Å². The van der Waals surface area contributed by atoms with Crippen LogP contribution in [-0.4, -0.2) is 49.2 Å². The first kappa shape index (κ1) is 14.6. The fourth-order valence-corrected chi connectivity index (χ4v) is 3.01. The molecule has 1 fully saturated rings. The number of nitrogens with zero attached hydrogens (tertiary/aromatic N) is 3. The predicted octanol–water partition coefficient (Wildman–Crippen LogP) is 2.28. The van der Waals surface area contributed by atoms with Gasteiger partial charge in [-0.1, -0.05) is 17.7 Å². The molecular formula is C16H21ClN4. The quantitative estimate of drug-likeness (QED) is 0.945. The number of aromatic nitrogens is 1. The number of benzene rings is 1. The van der Waals surface area contributed by atoms with Gasteiger partial charge in [0.25, 0.3) is 0 Å². The Kier molecular flexibility index (Phi) is 4.29. The highest BCUT2D eigenvalue weighted by Gasteiger charge is 2.17. The largest absolute Gasteiger partial charge is 0.354 e. The molecule has 2 heterocycles. The highest BCUT2D eigenvalue weighted by molar-refractivity contribution is 6.32. The molecule has 2 aromatic rings. The average molecular weight is 305 g/mol. The number of nitrogens with two attached hydrogens (primary N) is 1. The second-order valence-corrected chi connectivity index (χ2v) is 5.94. The lowest BCUT2D eigenvalue weighted by atomic mass is 10.1. The lowest BCUT2D eigenvalue weighted by molar-refractivity contribution is 0.264. The maximum absolute atomic E-state index is 6.21. The summed E-state index contributed by atoms with van der Waals surface area (Å²) in [4.78, 5) is 9.57. The van der Waals surface area contributed by atoms with Crippen molar-refractivity contribution < 1.29 is 0 Å². The molecule has 0 spiro atoms. The summed E-state index contributed by atoms with van der Waals surface area (Å²) in [6.45, 7) is 7.83. The molecule has 1 saturated heterocycles. The van der Waals surface area contributed by atoms with Crippen molar-refractivity contribution in [3.8, 4) is 0 Å².